The van der Waals surface area contributed by atoms with Crippen LogP contribution in [0.1, 0.15) is 70.4 Å². The molecule has 194 valence electrons. The van der Waals surface area contributed by atoms with Gasteiger partial charge in [-0.1, -0.05) is 81.2 Å². The highest BCUT2D eigenvalue weighted by Crippen LogP contribution is 2.56. The number of Topliss-reactive ketones (excluding diaryl/α,β-unsaturated/α-hetero) is 2. The van der Waals surface area contributed by atoms with E-state index in [1.54, 1.807) is 6.07 Å². The van der Waals surface area contributed by atoms with E-state index in [0.29, 0.717) is 54.0 Å². The summed E-state index contributed by atoms with van der Waals surface area (Å²) >= 11 is 12.7. The molecule has 0 unspecified atom stereocenters. The number of halogens is 2. The Morgan fingerprint density at radius 2 is 1.41 bits per heavy atom. The van der Waals surface area contributed by atoms with Crippen LogP contribution in [0.3, 0.4) is 0 Å². The number of allylic oxidation sites excluding steroid dienone is 4. The molecule has 0 aromatic heterocycles. The molecule has 0 atom stereocenters. The van der Waals surface area contributed by atoms with Crippen molar-refractivity contribution < 1.29 is 14.7 Å². The summed E-state index contributed by atoms with van der Waals surface area (Å²) in [5, 5.41) is 11.6. The second kappa shape index (κ2) is 9.32. The smallest absolute Gasteiger partial charge is 0.162 e. The Hall–Kier alpha value is -2.56. The maximum Gasteiger partial charge on any atom is 0.162 e. The van der Waals surface area contributed by atoms with E-state index in [1.165, 1.54) is 11.6 Å². The number of hydrogen-bond donors (Lipinski definition) is 1. The van der Waals surface area contributed by atoms with Crippen LogP contribution in [-0.4, -0.2) is 28.1 Å². The molecule has 1 heterocycles. The number of aromatic hydroxyl groups is 1. The first kappa shape index (κ1) is 26.1. The predicted molar refractivity (Wildman–Crippen MR) is 148 cm³/mol. The molecule has 0 saturated carbocycles. The summed E-state index contributed by atoms with van der Waals surface area (Å²) in [4.78, 5) is 30.0. The summed E-state index contributed by atoms with van der Waals surface area (Å²) in [5.74, 6) is -0.773. The highest BCUT2D eigenvalue weighted by atomic mass is 35.5. The zero-order valence-corrected chi connectivity index (χ0v) is 23.3. The van der Waals surface area contributed by atoms with Gasteiger partial charge in [-0.15, -0.1) is 0 Å². The van der Waals surface area contributed by atoms with E-state index in [1.807, 2.05) is 18.2 Å². The number of hydrogen-bond acceptors (Lipinski definition) is 4. The van der Waals surface area contributed by atoms with Crippen molar-refractivity contribution in [2.24, 2.45) is 10.8 Å². The van der Waals surface area contributed by atoms with Gasteiger partial charge in [-0.3, -0.25) is 9.59 Å². The van der Waals surface area contributed by atoms with Gasteiger partial charge in [-0.05, 0) is 47.8 Å². The van der Waals surface area contributed by atoms with Crippen molar-refractivity contribution in [1.82, 2.24) is 4.90 Å². The first-order chi connectivity index (χ1) is 17.4. The Bertz CT molecular complexity index is 1300. The standard InChI is InChI=1S/C31H33Cl2NO3/c1-30(2)14-22-27(24(35)16-30)26(20-12-19(32)13-21(33)29(20)37)28-23(15-31(3,4)17-25(28)36)34(22)11-10-18-8-6-5-7-9-18/h5-9,12-13,26,37H,10-11,14-17H2,1-4H3. The van der Waals surface area contributed by atoms with Crippen molar-refractivity contribution in [3.05, 3.63) is 86.2 Å². The maximum atomic E-state index is 13.9. The fourth-order valence-corrected chi connectivity index (χ4v) is 6.83. The Kier molecular flexibility index (Phi) is 6.57. The van der Waals surface area contributed by atoms with Gasteiger partial charge in [-0.25, -0.2) is 0 Å². The highest BCUT2D eigenvalue weighted by Gasteiger charge is 2.49. The van der Waals surface area contributed by atoms with Crippen molar-refractivity contribution in [1.29, 1.82) is 0 Å². The molecule has 2 aromatic rings. The van der Waals surface area contributed by atoms with Gasteiger partial charge in [0.25, 0.3) is 0 Å². The molecule has 0 bridgehead atoms. The van der Waals surface area contributed by atoms with Crippen LogP contribution in [0, 0.1) is 10.8 Å². The third kappa shape index (κ3) is 4.86. The number of phenolic OH excluding ortho intramolecular Hbond substituents is 1. The normalized spacial score (nSPS) is 21.3. The number of nitrogens with zero attached hydrogens (tertiary/aromatic N) is 1. The fourth-order valence-electron chi connectivity index (χ4n) is 6.32. The highest BCUT2D eigenvalue weighted by molar-refractivity contribution is 6.35. The number of ketones is 2. The van der Waals surface area contributed by atoms with Gasteiger partial charge in [0.2, 0.25) is 0 Å². The van der Waals surface area contributed by atoms with E-state index < -0.39 is 5.92 Å². The Labute approximate surface area is 229 Å². The molecular weight excluding hydrogens is 505 g/mol. The Morgan fingerprint density at radius 1 is 0.865 bits per heavy atom. The lowest BCUT2D eigenvalue weighted by molar-refractivity contribution is -0.119. The zero-order chi connectivity index (χ0) is 26.7. The van der Waals surface area contributed by atoms with Gasteiger partial charge in [0.1, 0.15) is 5.75 Å². The topological polar surface area (TPSA) is 57.6 Å². The van der Waals surface area contributed by atoms with E-state index in [9.17, 15) is 14.7 Å². The first-order valence-electron chi connectivity index (χ1n) is 12.9. The van der Waals surface area contributed by atoms with Crippen molar-refractivity contribution in [3.63, 3.8) is 0 Å². The minimum atomic E-state index is -0.679. The molecule has 37 heavy (non-hydrogen) atoms. The third-order valence-electron chi connectivity index (χ3n) is 7.86. The van der Waals surface area contributed by atoms with Gasteiger partial charge in [0.15, 0.2) is 11.6 Å². The molecular formula is C31H33Cl2NO3. The largest absolute Gasteiger partial charge is 0.506 e. The van der Waals surface area contributed by atoms with E-state index in [-0.39, 0.29) is 33.2 Å². The van der Waals surface area contributed by atoms with Gasteiger partial charge in [0, 0.05) is 58.4 Å². The minimum absolute atomic E-state index is 0.0145. The Morgan fingerprint density at radius 3 is 1.95 bits per heavy atom. The molecule has 2 aliphatic carbocycles. The van der Waals surface area contributed by atoms with E-state index in [4.69, 9.17) is 23.2 Å². The lowest BCUT2D eigenvalue weighted by Gasteiger charge is -2.49. The SMILES string of the molecule is CC1(C)CC(=O)C2=C(C1)N(CCc1ccccc1)C1=C(C(=O)CC(C)(C)C1)C2c1cc(Cl)cc(Cl)c1O. The molecule has 6 heteroatoms. The molecule has 0 spiro atoms. The van der Waals surface area contributed by atoms with Crippen LogP contribution in [0.5, 0.6) is 5.75 Å². The van der Waals surface area contributed by atoms with Crippen molar-refractivity contribution in [2.45, 2.75) is 65.7 Å². The van der Waals surface area contributed by atoms with Crippen LogP contribution < -0.4 is 0 Å². The quantitative estimate of drug-likeness (QED) is 0.435. The number of benzene rings is 2. The molecule has 0 amide bonds. The molecule has 3 aliphatic rings. The van der Waals surface area contributed by atoms with Gasteiger partial charge in [-0.2, -0.15) is 0 Å². The van der Waals surface area contributed by atoms with E-state index >= 15 is 0 Å². The number of phenols is 1. The van der Waals surface area contributed by atoms with Crippen LogP contribution in [0.4, 0.5) is 0 Å². The van der Waals surface area contributed by atoms with Crippen LogP contribution in [0.15, 0.2) is 65.0 Å². The summed E-state index contributed by atoms with van der Waals surface area (Å²) in [7, 11) is 0. The van der Waals surface area contributed by atoms with Gasteiger partial charge in [0.05, 0.1) is 5.02 Å². The summed E-state index contributed by atoms with van der Waals surface area (Å²) in [5.41, 5.74) is 4.33. The third-order valence-corrected chi connectivity index (χ3v) is 8.36. The van der Waals surface area contributed by atoms with Crippen molar-refractivity contribution in [2.75, 3.05) is 6.54 Å². The second-order valence-electron chi connectivity index (χ2n) is 12.2. The molecule has 0 saturated heterocycles. The van der Waals surface area contributed by atoms with E-state index in [0.717, 1.165) is 17.8 Å². The summed E-state index contributed by atoms with van der Waals surface area (Å²) in [6.07, 6.45) is 2.97. The average Bonchev–Trinajstić information content (AvgIpc) is 2.79. The lowest BCUT2D eigenvalue weighted by atomic mass is 9.63. The lowest BCUT2D eigenvalue weighted by Crippen LogP contribution is -2.45. The Balaban J connectivity index is 1.75. The fraction of sp³-hybridized carbons (Fsp3) is 0.419. The van der Waals surface area contributed by atoms with Crippen molar-refractivity contribution >= 4 is 34.8 Å². The summed E-state index contributed by atoms with van der Waals surface area (Å²) < 4.78 is 0. The average molecular weight is 539 g/mol. The van der Waals surface area contributed by atoms with Crippen LogP contribution in [0.2, 0.25) is 10.0 Å². The van der Waals surface area contributed by atoms with E-state index in [2.05, 4.69) is 44.7 Å². The monoisotopic (exact) mass is 537 g/mol. The molecule has 2 aromatic carbocycles. The summed E-state index contributed by atoms with van der Waals surface area (Å²) in [6, 6.07) is 13.4. The molecule has 1 aliphatic heterocycles. The maximum absolute atomic E-state index is 13.9. The number of carbonyl (C=O) groups excluding carboxylic acids is 2. The molecule has 0 radical (unpaired) electrons. The molecule has 5 rings (SSSR count). The molecule has 0 fully saturated rings. The van der Waals surface area contributed by atoms with Crippen LogP contribution >= 0.6 is 23.2 Å². The van der Waals surface area contributed by atoms with Crippen LogP contribution in [0.25, 0.3) is 0 Å². The van der Waals surface area contributed by atoms with Crippen molar-refractivity contribution in [3.8, 4) is 5.75 Å². The first-order valence-corrected chi connectivity index (χ1v) is 13.6. The number of carbonyl (C=O) groups is 2. The second-order valence-corrected chi connectivity index (χ2v) is 13.1. The number of rotatable bonds is 4. The molecule has 4 nitrogen and oxygen atoms in total. The molecule has 1 N–H and O–H groups in total. The van der Waals surface area contributed by atoms with Gasteiger partial charge < -0.3 is 10.0 Å². The summed E-state index contributed by atoms with van der Waals surface area (Å²) in [6.45, 7) is 9.14. The zero-order valence-electron chi connectivity index (χ0n) is 21.8. The predicted octanol–water partition coefficient (Wildman–Crippen LogP) is 7.63. The van der Waals surface area contributed by atoms with Gasteiger partial charge >= 0.3 is 0 Å². The minimum Gasteiger partial charge on any atom is -0.506 e. The van der Waals surface area contributed by atoms with Crippen LogP contribution in [-0.2, 0) is 16.0 Å².